The van der Waals surface area contributed by atoms with Crippen molar-refractivity contribution in [3.8, 4) is 5.75 Å². The fraction of sp³-hybridized carbons (Fsp3) is 0.368. The Labute approximate surface area is 126 Å². The number of fused-ring (bicyclic) bond motifs is 1. The highest BCUT2D eigenvalue weighted by Gasteiger charge is 2.19. The first-order valence-electron chi connectivity index (χ1n) is 7.74. The van der Waals surface area contributed by atoms with Crippen LogP contribution in [0.25, 0.3) is 0 Å². The summed E-state index contributed by atoms with van der Waals surface area (Å²) in [5, 5.41) is 0. The molecule has 2 aromatic rings. The third-order valence-electron chi connectivity index (χ3n) is 4.22. The molecule has 0 aliphatic heterocycles. The van der Waals surface area contributed by atoms with E-state index in [-0.39, 0.29) is 12.1 Å². The van der Waals surface area contributed by atoms with Gasteiger partial charge in [-0.15, -0.1) is 0 Å². The highest BCUT2D eigenvalue weighted by Crippen LogP contribution is 2.30. The van der Waals surface area contributed by atoms with E-state index in [2.05, 4.69) is 49.4 Å². The van der Waals surface area contributed by atoms with Crippen LogP contribution in [0.1, 0.15) is 41.7 Å². The smallest absolute Gasteiger partial charge is 0.138 e. The normalized spacial score (nSPS) is 16.3. The maximum atomic E-state index is 6.20. The van der Waals surface area contributed by atoms with Gasteiger partial charge in [-0.25, -0.2) is 0 Å². The molecule has 0 fully saturated rings. The fourth-order valence-corrected chi connectivity index (χ4v) is 3.00. The lowest BCUT2D eigenvalue weighted by Gasteiger charge is -2.23. The molecule has 110 valence electrons. The number of aryl methyl sites for hydroxylation is 3. The molecule has 1 aliphatic rings. The van der Waals surface area contributed by atoms with Gasteiger partial charge in [-0.05, 0) is 61.9 Å². The first-order valence-corrected chi connectivity index (χ1v) is 7.74. The van der Waals surface area contributed by atoms with Gasteiger partial charge in [0.1, 0.15) is 11.9 Å². The Hall–Kier alpha value is -1.80. The van der Waals surface area contributed by atoms with Crippen molar-refractivity contribution in [2.75, 3.05) is 0 Å². The van der Waals surface area contributed by atoms with Crippen molar-refractivity contribution in [3.05, 3.63) is 64.7 Å². The minimum atomic E-state index is -0.106. The lowest BCUT2D eigenvalue weighted by molar-refractivity contribution is 0.180. The number of rotatable bonds is 4. The van der Waals surface area contributed by atoms with Crippen molar-refractivity contribution >= 4 is 0 Å². The Morgan fingerprint density at radius 3 is 2.43 bits per heavy atom. The molecule has 0 radical (unpaired) electrons. The number of benzene rings is 2. The molecule has 2 nitrogen and oxygen atoms in total. The molecule has 2 unspecified atom stereocenters. The number of hydrogen-bond acceptors (Lipinski definition) is 2. The van der Waals surface area contributed by atoms with Crippen LogP contribution in [0, 0.1) is 6.92 Å². The molecule has 2 heteroatoms. The predicted octanol–water partition coefficient (Wildman–Crippen LogP) is 3.95. The first-order chi connectivity index (χ1) is 10.1. The van der Waals surface area contributed by atoms with Crippen molar-refractivity contribution in [2.24, 2.45) is 5.73 Å². The van der Waals surface area contributed by atoms with Crippen LogP contribution in [0.3, 0.4) is 0 Å². The summed E-state index contributed by atoms with van der Waals surface area (Å²) in [6.07, 6.45) is 3.52. The van der Waals surface area contributed by atoms with Gasteiger partial charge in [0.05, 0.1) is 0 Å². The molecule has 0 aromatic heterocycles. The molecule has 2 atom stereocenters. The summed E-state index contributed by atoms with van der Waals surface area (Å²) < 4.78 is 6.20. The summed E-state index contributed by atoms with van der Waals surface area (Å²) in [6.45, 7) is 4.09. The minimum Gasteiger partial charge on any atom is -0.484 e. The first kappa shape index (κ1) is 14.2. The van der Waals surface area contributed by atoms with Gasteiger partial charge in [0, 0.05) is 6.04 Å². The molecule has 0 saturated heterocycles. The number of nitrogens with two attached hydrogens (primary N) is 1. The van der Waals surface area contributed by atoms with Gasteiger partial charge in [0.25, 0.3) is 0 Å². The topological polar surface area (TPSA) is 35.2 Å². The molecular weight excluding hydrogens is 258 g/mol. The summed E-state index contributed by atoms with van der Waals surface area (Å²) in [7, 11) is 0. The summed E-state index contributed by atoms with van der Waals surface area (Å²) in [5.74, 6) is 0.929. The van der Waals surface area contributed by atoms with Crippen molar-refractivity contribution < 1.29 is 4.74 Å². The number of ether oxygens (including phenoxy) is 1. The zero-order chi connectivity index (χ0) is 14.8. The van der Waals surface area contributed by atoms with Crippen LogP contribution in [0.5, 0.6) is 5.75 Å². The average Bonchev–Trinajstić information content (AvgIpc) is 2.93. The second-order valence-electron chi connectivity index (χ2n) is 6.09. The molecule has 0 bridgehead atoms. The van der Waals surface area contributed by atoms with Crippen LogP contribution in [0.4, 0.5) is 0 Å². The Bertz CT molecular complexity index is 616. The Morgan fingerprint density at radius 2 is 1.71 bits per heavy atom. The van der Waals surface area contributed by atoms with E-state index in [0.29, 0.717) is 0 Å². The monoisotopic (exact) mass is 281 g/mol. The van der Waals surface area contributed by atoms with Gasteiger partial charge in [0.2, 0.25) is 0 Å². The Kier molecular flexibility index (Phi) is 3.98. The van der Waals surface area contributed by atoms with Crippen molar-refractivity contribution in [2.45, 2.75) is 45.3 Å². The van der Waals surface area contributed by atoms with Crippen LogP contribution >= 0.6 is 0 Å². The molecule has 21 heavy (non-hydrogen) atoms. The minimum absolute atomic E-state index is 0.0547. The standard InChI is InChI=1S/C19H23NO/c1-13-6-8-16(9-7-13)19(14(2)20)21-18-11-10-15-4-3-5-17(15)12-18/h6-12,14,19H,3-5,20H2,1-2H3. The van der Waals surface area contributed by atoms with Gasteiger partial charge >= 0.3 is 0 Å². The SMILES string of the molecule is Cc1ccc(C(Oc2ccc3c(c2)CCC3)C(C)N)cc1. The van der Waals surface area contributed by atoms with E-state index in [1.54, 1.807) is 0 Å². The summed E-state index contributed by atoms with van der Waals surface area (Å²) in [4.78, 5) is 0. The Morgan fingerprint density at radius 1 is 1.00 bits per heavy atom. The maximum absolute atomic E-state index is 6.20. The van der Waals surface area contributed by atoms with Crippen LogP contribution in [0.15, 0.2) is 42.5 Å². The molecule has 2 N–H and O–H groups in total. The third-order valence-corrected chi connectivity index (χ3v) is 4.22. The second-order valence-corrected chi connectivity index (χ2v) is 6.09. The quantitative estimate of drug-likeness (QED) is 0.921. The van der Waals surface area contributed by atoms with E-state index in [1.807, 2.05) is 6.92 Å². The van der Waals surface area contributed by atoms with E-state index < -0.39 is 0 Å². The van der Waals surface area contributed by atoms with Crippen LogP contribution in [-0.2, 0) is 12.8 Å². The fourth-order valence-electron chi connectivity index (χ4n) is 3.00. The third kappa shape index (κ3) is 3.11. The van der Waals surface area contributed by atoms with Gasteiger partial charge in [0.15, 0.2) is 0 Å². The van der Waals surface area contributed by atoms with E-state index in [4.69, 9.17) is 10.5 Å². The Balaban J connectivity index is 1.84. The lowest BCUT2D eigenvalue weighted by Crippen LogP contribution is -2.29. The molecule has 1 aliphatic carbocycles. The zero-order valence-electron chi connectivity index (χ0n) is 12.8. The summed E-state index contributed by atoms with van der Waals surface area (Å²) >= 11 is 0. The largest absolute Gasteiger partial charge is 0.484 e. The summed E-state index contributed by atoms with van der Waals surface area (Å²) in [6, 6.07) is 14.8. The highest BCUT2D eigenvalue weighted by molar-refractivity contribution is 5.39. The molecule has 0 amide bonds. The van der Waals surface area contributed by atoms with E-state index >= 15 is 0 Å². The molecule has 0 spiro atoms. The number of hydrogen-bond donors (Lipinski definition) is 1. The second kappa shape index (κ2) is 5.90. The van der Waals surface area contributed by atoms with Crippen LogP contribution in [0.2, 0.25) is 0 Å². The predicted molar refractivity (Wildman–Crippen MR) is 86.7 cm³/mol. The zero-order valence-corrected chi connectivity index (χ0v) is 12.8. The van der Waals surface area contributed by atoms with Crippen molar-refractivity contribution in [1.82, 2.24) is 0 Å². The lowest BCUT2D eigenvalue weighted by atomic mass is 10.0. The molecule has 3 rings (SSSR count). The van der Waals surface area contributed by atoms with Crippen molar-refractivity contribution in [1.29, 1.82) is 0 Å². The molecule has 0 heterocycles. The van der Waals surface area contributed by atoms with Gasteiger partial charge < -0.3 is 10.5 Å². The van der Waals surface area contributed by atoms with Crippen molar-refractivity contribution in [3.63, 3.8) is 0 Å². The van der Waals surface area contributed by atoms with Crippen LogP contribution < -0.4 is 10.5 Å². The average molecular weight is 281 g/mol. The van der Waals surface area contributed by atoms with Crippen LogP contribution in [-0.4, -0.2) is 6.04 Å². The van der Waals surface area contributed by atoms with E-state index in [9.17, 15) is 0 Å². The maximum Gasteiger partial charge on any atom is 0.138 e. The van der Waals surface area contributed by atoms with E-state index in [1.165, 1.54) is 36.0 Å². The molecular formula is C19H23NO. The summed E-state index contributed by atoms with van der Waals surface area (Å²) in [5.41, 5.74) is 11.4. The molecule has 2 aromatic carbocycles. The molecule has 0 saturated carbocycles. The highest BCUT2D eigenvalue weighted by atomic mass is 16.5. The van der Waals surface area contributed by atoms with Gasteiger partial charge in [-0.3, -0.25) is 0 Å². The van der Waals surface area contributed by atoms with E-state index in [0.717, 1.165) is 11.3 Å². The van der Waals surface area contributed by atoms with Gasteiger partial charge in [-0.1, -0.05) is 35.9 Å². The van der Waals surface area contributed by atoms with Gasteiger partial charge in [-0.2, -0.15) is 0 Å².